The lowest BCUT2D eigenvalue weighted by molar-refractivity contribution is -0.128. The van der Waals surface area contributed by atoms with E-state index >= 15 is 0 Å². The molecule has 0 radical (unpaired) electrons. The smallest absolute Gasteiger partial charge is 0.226 e. The molecule has 0 unspecified atom stereocenters. The summed E-state index contributed by atoms with van der Waals surface area (Å²) in [6.45, 7) is 11.2. The quantitative estimate of drug-likeness (QED) is 0.762. The molecule has 0 aliphatic rings. The minimum atomic E-state index is -2.75. The van der Waals surface area contributed by atoms with Gasteiger partial charge >= 0.3 is 0 Å². The standard InChI is InChI=1S/C11H24NO3P/c1-7-15-16(14,8-2)9(3)12-10(13)11(4,5)6/h9H,7-8H2,1-6H3,(H,12,13)/t9-,16-/m1/s1. The largest absolute Gasteiger partial charge is 0.344 e. The molecule has 0 spiro atoms. The van der Waals surface area contributed by atoms with Crippen molar-refractivity contribution >= 4 is 13.3 Å². The first-order valence-electron chi connectivity index (χ1n) is 5.71. The van der Waals surface area contributed by atoms with Crippen LogP contribution in [-0.2, 0) is 13.9 Å². The maximum absolute atomic E-state index is 12.3. The Bertz CT molecular complexity index is 283. The van der Waals surface area contributed by atoms with E-state index in [9.17, 15) is 9.36 Å². The predicted molar refractivity (Wildman–Crippen MR) is 66.8 cm³/mol. The van der Waals surface area contributed by atoms with Crippen molar-refractivity contribution in [2.45, 2.75) is 47.3 Å². The zero-order valence-corrected chi connectivity index (χ0v) is 12.1. The van der Waals surface area contributed by atoms with Crippen molar-refractivity contribution in [1.82, 2.24) is 5.32 Å². The molecular weight excluding hydrogens is 225 g/mol. The molecule has 0 fully saturated rings. The second kappa shape index (κ2) is 5.83. The second-order valence-corrected chi connectivity index (χ2v) is 7.98. The molecule has 0 heterocycles. The minimum absolute atomic E-state index is 0.103. The van der Waals surface area contributed by atoms with Gasteiger partial charge in [0, 0.05) is 11.6 Å². The molecule has 2 atom stereocenters. The number of nitrogens with one attached hydrogen (secondary N) is 1. The number of hydrogen-bond donors (Lipinski definition) is 1. The first-order valence-corrected chi connectivity index (χ1v) is 7.59. The van der Waals surface area contributed by atoms with Crippen molar-refractivity contribution in [3.05, 3.63) is 0 Å². The average Bonchev–Trinajstić information content (AvgIpc) is 2.16. The molecular formula is C11H24NO3P. The summed E-state index contributed by atoms with van der Waals surface area (Å²) >= 11 is 0. The van der Waals surface area contributed by atoms with E-state index in [-0.39, 0.29) is 5.91 Å². The Morgan fingerprint density at radius 2 is 1.88 bits per heavy atom. The number of hydrogen-bond acceptors (Lipinski definition) is 3. The van der Waals surface area contributed by atoms with Crippen LogP contribution in [0.3, 0.4) is 0 Å². The molecule has 1 N–H and O–H groups in total. The topological polar surface area (TPSA) is 55.4 Å². The van der Waals surface area contributed by atoms with E-state index in [1.807, 2.05) is 27.7 Å². The monoisotopic (exact) mass is 249 g/mol. The van der Waals surface area contributed by atoms with Crippen LogP contribution in [0.5, 0.6) is 0 Å². The van der Waals surface area contributed by atoms with Gasteiger partial charge in [0.15, 0.2) is 0 Å². The average molecular weight is 249 g/mol. The van der Waals surface area contributed by atoms with Crippen LogP contribution in [0.15, 0.2) is 0 Å². The highest BCUT2D eigenvalue weighted by molar-refractivity contribution is 7.59. The van der Waals surface area contributed by atoms with Crippen LogP contribution in [-0.4, -0.2) is 24.5 Å². The molecule has 1 amide bonds. The van der Waals surface area contributed by atoms with E-state index in [1.54, 1.807) is 13.8 Å². The van der Waals surface area contributed by atoms with Gasteiger partial charge in [-0.1, -0.05) is 27.7 Å². The number of amides is 1. The lowest BCUT2D eigenvalue weighted by Crippen LogP contribution is -2.40. The lowest BCUT2D eigenvalue weighted by Gasteiger charge is -2.27. The molecule has 0 aliphatic heterocycles. The van der Waals surface area contributed by atoms with E-state index in [2.05, 4.69) is 5.32 Å². The minimum Gasteiger partial charge on any atom is -0.344 e. The lowest BCUT2D eigenvalue weighted by atomic mass is 9.96. The number of carbonyl (C=O) groups excluding carboxylic acids is 1. The molecule has 5 heteroatoms. The van der Waals surface area contributed by atoms with E-state index < -0.39 is 18.6 Å². The van der Waals surface area contributed by atoms with Gasteiger partial charge in [-0.2, -0.15) is 0 Å². The molecule has 0 aliphatic carbocycles. The van der Waals surface area contributed by atoms with Crippen LogP contribution in [0.25, 0.3) is 0 Å². The van der Waals surface area contributed by atoms with E-state index in [1.165, 1.54) is 0 Å². The third kappa shape index (κ3) is 4.26. The van der Waals surface area contributed by atoms with Crippen LogP contribution in [0.1, 0.15) is 41.5 Å². The highest BCUT2D eigenvalue weighted by atomic mass is 31.2. The van der Waals surface area contributed by atoms with Gasteiger partial charge < -0.3 is 9.84 Å². The summed E-state index contributed by atoms with van der Waals surface area (Å²) in [6.07, 6.45) is 0.437. The Labute approximate surface area is 98.6 Å². The van der Waals surface area contributed by atoms with Crippen molar-refractivity contribution in [1.29, 1.82) is 0 Å². The second-order valence-electron chi connectivity index (χ2n) is 4.86. The van der Waals surface area contributed by atoms with E-state index in [4.69, 9.17) is 4.52 Å². The molecule has 4 nitrogen and oxygen atoms in total. The Kier molecular flexibility index (Phi) is 5.71. The zero-order chi connectivity index (χ0) is 13.0. The van der Waals surface area contributed by atoms with Gasteiger partial charge in [-0.05, 0) is 13.8 Å². The van der Waals surface area contributed by atoms with Gasteiger partial charge in [-0.25, -0.2) is 0 Å². The van der Waals surface area contributed by atoms with Gasteiger partial charge in [0.25, 0.3) is 0 Å². The third-order valence-corrected chi connectivity index (χ3v) is 5.29. The van der Waals surface area contributed by atoms with Crippen molar-refractivity contribution in [3.8, 4) is 0 Å². The predicted octanol–water partition coefficient (Wildman–Crippen LogP) is 2.83. The SMILES string of the molecule is CCO[P@](=O)(CC)[C@H](C)NC(=O)C(C)(C)C. The third-order valence-electron chi connectivity index (χ3n) is 2.40. The van der Waals surface area contributed by atoms with Crippen molar-refractivity contribution in [3.63, 3.8) is 0 Å². The maximum atomic E-state index is 12.3. The van der Waals surface area contributed by atoms with E-state index in [0.717, 1.165) is 0 Å². The van der Waals surface area contributed by atoms with Gasteiger partial charge in [0.05, 0.1) is 6.61 Å². The number of rotatable bonds is 5. The molecule has 16 heavy (non-hydrogen) atoms. The van der Waals surface area contributed by atoms with Gasteiger partial charge in [-0.3, -0.25) is 9.36 Å². The summed E-state index contributed by atoms with van der Waals surface area (Å²) in [6, 6.07) is 0. The van der Waals surface area contributed by atoms with E-state index in [0.29, 0.717) is 12.8 Å². The van der Waals surface area contributed by atoms with Crippen molar-refractivity contribution in [2.24, 2.45) is 5.41 Å². The fourth-order valence-corrected chi connectivity index (χ4v) is 2.90. The van der Waals surface area contributed by atoms with Crippen LogP contribution < -0.4 is 5.32 Å². The van der Waals surface area contributed by atoms with Crippen LogP contribution in [0.2, 0.25) is 0 Å². The van der Waals surface area contributed by atoms with Gasteiger partial charge in [0.1, 0.15) is 5.78 Å². The molecule has 0 aromatic rings. The Morgan fingerprint density at radius 3 is 2.19 bits per heavy atom. The summed E-state index contributed by atoms with van der Waals surface area (Å²) in [4.78, 5) is 11.8. The highest BCUT2D eigenvalue weighted by Gasteiger charge is 2.32. The van der Waals surface area contributed by atoms with Crippen molar-refractivity contribution < 1.29 is 13.9 Å². The molecule has 0 saturated heterocycles. The summed E-state index contributed by atoms with van der Waals surface area (Å²) in [5, 5.41) is 2.77. The Morgan fingerprint density at radius 1 is 1.38 bits per heavy atom. The van der Waals surface area contributed by atoms with Crippen LogP contribution in [0, 0.1) is 5.41 Å². The van der Waals surface area contributed by atoms with Crippen LogP contribution in [0.4, 0.5) is 0 Å². The summed E-state index contributed by atoms with van der Waals surface area (Å²) in [5.41, 5.74) is -0.473. The number of carbonyl (C=O) groups is 1. The molecule has 96 valence electrons. The molecule has 0 aromatic carbocycles. The maximum Gasteiger partial charge on any atom is 0.226 e. The first-order chi connectivity index (χ1) is 7.17. The van der Waals surface area contributed by atoms with Gasteiger partial charge in [-0.15, -0.1) is 0 Å². The first kappa shape index (κ1) is 15.7. The Balaban J connectivity index is 4.62. The molecule has 0 rings (SSSR count). The van der Waals surface area contributed by atoms with Crippen LogP contribution >= 0.6 is 7.37 Å². The molecule has 0 saturated carbocycles. The van der Waals surface area contributed by atoms with Gasteiger partial charge in [0.2, 0.25) is 13.3 Å². The summed E-state index contributed by atoms with van der Waals surface area (Å²) < 4.78 is 17.6. The normalized spacial score (nSPS) is 17.6. The fourth-order valence-electron chi connectivity index (χ4n) is 1.20. The highest BCUT2D eigenvalue weighted by Crippen LogP contribution is 2.50. The summed E-state index contributed by atoms with van der Waals surface area (Å²) in [5.74, 6) is -0.530. The molecule has 0 aromatic heterocycles. The zero-order valence-electron chi connectivity index (χ0n) is 11.2. The van der Waals surface area contributed by atoms with Crippen molar-refractivity contribution in [2.75, 3.05) is 12.8 Å². The Hall–Kier alpha value is -0.340. The molecule has 0 bridgehead atoms. The fraction of sp³-hybridized carbons (Fsp3) is 0.909. The summed E-state index contributed by atoms with van der Waals surface area (Å²) in [7, 11) is -2.75.